The van der Waals surface area contributed by atoms with Gasteiger partial charge in [-0.1, -0.05) is 0 Å². The fourth-order valence-corrected chi connectivity index (χ4v) is 5.04. The molecule has 0 aliphatic carbocycles. The second kappa shape index (κ2) is 8.41. The molecular weight excluding hydrogens is 430 g/mol. The van der Waals surface area contributed by atoms with E-state index in [1.807, 2.05) is 43.1 Å². The van der Waals surface area contributed by atoms with E-state index in [4.69, 9.17) is 9.47 Å². The molecule has 2 saturated heterocycles. The van der Waals surface area contributed by atoms with Crippen LogP contribution in [0, 0.1) is 6.92 Å². The standard InChI is InChI=1S/C25H29N7O2/c1-16-6-23(24(12-26-16)34-22-8-20-14-33-15-21(9-22)31(20)3)17-4-5-32-19(7-17)10-25(29-32)28-18-11-27-30(2)13-18/h4-7,10-13,20-22H,8-9,14-15H2,1-3H3,(H,28,29)/t20-,21+,22-. The molecule has 2 bridgehead atoms. The number of aryl methyl sites for hydroxylation is 2. The number of morpholine rings is 1. The maximum atomic E-state index is 6.59. The van der Waals surface area contributed by atoms with Crippen LogP contribution in [0.2, 0.25) is 0 Å². The Balaban J connectivity index is 1.28. The van der Waals surface area contributed by atoms with Crippen LogP contribution in [0.4, 0.5) is 11.5 Å². The van der Waals surface area contributed by atoms with E-state index in [-0.39, 0.29) is 6.10 Å². The van der Waals surface area contributed by atoms with Crippen LogP contribution < -0.4 is 10.1 Å². The van der Waals surface area contributed by atoms with E-state index < -0.39 is 0 Å². The van der Waals surface area contributed by atoms with Crippen LogP contribution in [0.25, 0.3) is 16.6 Å². The largest absolute Gasteiger partial charge is 0.488 e. The van der Waals surface area contributed by atoms with E-state index in [9.17, 15) is 0 Å². The molecule has 9 heteroatoms. The number of hydrogen-bond donors (Lipinski definition) is 1. The Hall–Kier alpha value is -3.43. The number of nitrogens with one attached hydrogen (secondary N) is 1. The molecule has 2 fully saturated rings. The Bertz CT molecular complexity index is 1320. The summed E-state index contributed by atoms with van der Waals surface area (Å²) in [4.78, 5) is 6.98. The van der Waals surface area contributed by atoms with E-state index in [0.29, 0.717) is 12.1 Å². The molecule has 0 spiro atoms. The van der Waals surface area contributed by atoms with Gasteiger partial charge >= 0.3 is 0 Å². The molecule has 4 aromatic rings. The number of pyridine rings is 2. The minimum Gasteiger partial charge on any atom is -0.488 e. The topological polar surface area (TPSA) is 81.7 Å². The third-order valence-corrected chi connectivity index (χ3v) is 6.89. The number of piperidine rings is 1. The Morgan fingerprint density at radius 3 is 2.68 bits per heavy atom. The molecule has 4 aromatic heterocycles. The summed E-state index contributed by atoms with van der Waals surface area (Å²) < 4.78 is 16.0. The van der Waals surface area contributed by atoms with Crippen molar-refractivity contribution >= 4 is 17.0 Å². The highest BCUT2D eigenvalue weighted by molar-refractivity contribution is 5.75. The van der Waals surface area contributed by atoms with Crippen LogP contribution in [-0.4, -0.2) is 67.7 Å². The van der Waals surface area contributed by atoms with E-state index in [1.165, 1.54) is 0 Å². The molecule has 2 aliphatic rings. The first kappa shape index (κ1) is 21.1. The third kappa shape index (κ3) is 4.01. The van der Waals surface area contributed by atoms with Crippen molar-refractivity contribution in [3.63, 3.8) is 0 Å². The van der Waals surface area contributed by atoms with Crippen LogP contribution >= 0.6 is 0 Å². The molecule has 34 heavy (non-hydrogen) atoms. The zero-order valence-electron chi connectivity index (χ0n) is 19.7. The quantitative estimate of drug-likeness (QED) is 0.490. The first-order valence-corrected chi connectivity index (χ1v) is 11.7. The third-order valence-electron chi connectivity index (χ3n) is 6.89. The van der Waals surface area contributed by atoms with E-state index >= 15 is 0 Å². The van der Waals surface area contributed by atoms with Gasteiger partial charge in [0.25, 0.3) is 0 Å². The summed E-state index contributed by atoms with van der Waals surface area (Å²) in [6.45, 7) is 3.57. The Morgan fingerprint density at radius 1 is 1.09 bits per heavy atom. The van der Waals surface area contributed by atoms with Crippen LogP contribution in [-0.2, 0) is 11.8 Å². The SMILES string of the molecule is Cc1cc(-c2ccn3nc(Nc4cnn(C)c4)cc3c2)c(O[C@H]2C[C@H]3COC[C@@H](C2)N3C)cn1. The van der Waals surface area contributed by atoms with Crippen molar-refractivity contribution in [3.05, 3.63) is 54.7 Å². The Morgan fingerprint density at radius 2 is 1.91 bits per heavy atom. The summed E-state index contributed by atoms with van der Waals surface area (Å²) in [5, 5.41) is 12.1. The molecule has 6 heterocycles. The highest BCUT2D eigenvalue weighted by Crippen LogP contribution is 2.35. The minimum atomic E-state index is 0.160. The van der Waals surface area contributed by atoms with Crippen molar-refractivity contribution in [2.75, 3.05) is 25.6 Å². The maximum absolute atomic E-state index is 6.59. The van der Waals surface area contributed by atoms with Gasteiger partial charge < -0.3 is 14.8 Å². The number of aromatic nitrogens is 5. The fourth-order valence-electron chi connectivity index (χ4n) is 5.04. The van der Waals surface area contributed by atoms with E-state index in [0.717, 1.165) is 65.6 Å². The van der Waals surface area contributed by atoms with Gasteiger partial charge in [0.15, 0.2) is 5.82 Å². The second-order valence-electron chi connectivity index (χ2n) is 9.39. The zero-order chi connectivity index (χ0) is 23.2. The van der Waals surface area contributed by atoms with Crippen molar-refractivity contribution in [2.24, 2.45) is 7.05 Å². The zero-order valence-corrected chi connectivity index (χ0v) is 19.7. The predicted molar refractivity (Wildman–Crippen MR) is 129 cm³/mol. The number of nitrogens with zero attached hydrogens (tertiary/aromatic N) is 6. The lowest BCUT2D eigenvalue weighted by Gasteiger charge is -2.46. The Kier molecular flexibility index (Phi) is 5.23. The maximum Gasteiger partial charge on any atom is 0.153 e. The van der Waals surface area contributed by atoms with Gasteiger partial charge in [-0.3, -0.25) is 14.6 Å². The molecule has 9 nitrogen and oxygen atoms in total. The second-order valence-corrected chi connectivity index (χ2v) is 9.39. The van der Waals surface area contributed by atoms with Gasteiger partial charge in [-0.2, -0.15) is 10.2 Å². The van der Waals surface area contributed by atoms with Crippen LogP contribution in [0.5, 0.6) is 5.75 Å². The molecule has 6 rings (SSSR count). The van der Waals surface area contributed by atoms with E-state index in [2.05, 4.69) is 50.6 Å². The lowest BCUT2D eigenvalue weighted by atomic mass is 9.92. The molecule has 3 atom stereocenters. The summed E-state index contributed by atoms with van der Waals surface area (Å²) in [5.74, 6) is 1.60. The highest BCUT2D eigenvalue weighted by atomic mass is 16.5. The monoisotopic (exact) mass is 459 g/mol. The fraction of sp³-hybridized carbons (Fsp3) is 0.400. The lowest BCUT2D eigenvalue weighted by Crippen LogP contribution is -2.57. The van der Waals surface area contributed by atoms with E-state index in [1.54, 1.807) is 10.9 Å². The number of likely N-dealkylation sites (N-methyl/N-ethyl adjacent to an activating group) is 1. The number of ether oxygens (including phenoxy) is 2. The van der Waals surface area contributed by atoms with Gasteiger partial charge in [0.2, 0.25) is 0 Å². The van der Waals surface area contributed by atoms with Gasteiger partial charge in [0, 0.05) is 61.7 Å². The van der Waals surface area contributed by atoms with Gasteiger partial charge in [-0.25, -0.2) is 4.52 Å². The molecule has 0 unspecified atom stereocenters. The molecule has 0 amide bonds. The molecule has 0 saturated carbocycles. The highest BCUT2D eigenvalue weighted by Gasteiger charge is 2.38. The number of hydrogen-bond acceptors (Lipinski definition) is 7. The molecule has 2 aliphatic heterocycles. The molecule has 0 radical (unpaired) electrons. The molecular formula is C25H29N7O2. The van der Waals surface area contributed by atoms with Crippen molar-refractivity contribution < 1.29 is 9.47 Å². The average Bonchev–Trinajstić information content (AvgIpc) is 3.40. The molecule has 176 valence electrons. The van der Waals surface area contributed by atoms with Crippen LogP contribution in [0.1, 0.15) is 18.5 Å². The number of rotatable bonds is 5. The minimum absolute atomic E-state index is 0.160. The lowest BCUT2D eigenvalue weighted by molar-refractivity contribution is -0.0879. The summed E-state index contributed by atoms with van der Waals surface area (Å²) >= 11 is 0. The average molecular weight is 460 g/mol. The van der Waals surface area contributed by atoms with Crippen LogP contribution in [0.3, 0.4) is 0 Å². The predicted octanol–water partition coefficient (Wildman–Crippen LogP) is 3.42. The number of anilines is 2. The van der Waals surface area contributed by atoms with Crippen molar-refractivity contribution in [3.8, 4) is 16.9 Å². The van der Waals surface area contributed by atoms with Crippen molar-refractivity contribution in [2.45, 2.75) is 38.0 Å². The molecule has 0 aromatic carbocycles. The Labute approximate surface area is 198 Å². The summed E-state index contributed by atoms with van der Waals surface area (Å²) in [6.07, 6.45) is 9.63. The first-order chi connectivity index (χ1) is 16.5. The van der Waals surface area contributed by atoms with Crippen molar-refractivity contribution in [1.29, 1.82) is 0 Å². The van der Waals surface area contributed by atoms with Gasteiger partial charge in [0.1, 0.15) is 11.9 Å². The number of fused-ring (bicyclic) bond motifs is 3. The smallest absolute Gasteiger partial charge is 0.153 e. The first-order valence-electron chi connectivity index (χ1n) is 11.7. The van der Waals surface area contributed by atoms with Crippen LogP contribution in [0.15, 0.2) is 49.1 Å². The normalized spacial score (nSPS) is 22.7. The summed E-state index contributed by atoms with van der Waals surface area (Å²) in [7, 11) is 4.09. The summed E-state index contributed by atoms with van der Waals surface area (Å²) in [6, 6.07) is 9.17. The summed E-state index contributed by atoms with van der Waals surface area (Å²) in [5.41, 5.74) is 4.99. The van der Waals surface area contributed by atoms with Gasteiger partial charge in [-0.15, -0.1) is 0 Å². The van der Waals surface area contributed by atoms with Crippen molar-refractivity contribution in [1.82, 2.24) is 29.3 Å². The van der Waals surface area contributed by atoms with Gasteiger partial charge in [-0.05, 0) is 37.7 Å². The van der Waals surface area contributed by atoms with Gasteiger partial charge in [0.05, 0.1) is 36.8 Å². The molecule has 1 N–H and O–H groups in total.